The third kappa shape index (κ3) is 13.0. The van der Waals surface area contributed by atoms with Crippen molar-refractivity contribution in [3.8, 4) is 11.5 Å². The Morgan fingerprint density at radius 1 is 0.878 bits per heavy atom. The van der Waals surface area contributed by atoms with Crippen LogP contribution in [0.1, 0.15) is 135 Å². The molecule has 0 bridgehead atoms. The van der Waals surface area contributed by atoms with Gasteiger partial charge in [-0.25, -0.2) is 0 Å². The van der Waals surface area contributed by atoms with Gasteiger partial charge >= 0.3 is 143 Å². The maximum atomic E-state index is 11.7. The maximum absolute atomic E-state index is 11.7. The van der Waals surface area contributed by atoms with E-state index in [-0.39, 0.29) is 32.7 Å². The van der Waals surface area contributed by atoms with Crippen LogP contribution in [0.25, 0.3) is 0 Å². The van der Waals surface area contributed by atoms with Crippen molar-refractivity contribution in [3.05, 3.63) is 23.8 Å². The van der Waals surface area contributed by atoms with E-state index < -0.39 is 19.5 Å². The average Bonchev–Trinajstić information content (AvgIpc) is 2.95. The first-order valence-corrected chi connectivity index (χ1v) is 23.2. The number of hydrogen-bond donors (Lipinski definition) is 0. The third-order valence-electron chi connectivity index (χ3n) is 8.73. The number of ketones is 1. The van der Waals surface area contributed by atoms with Crippen molar-refractivity contribution < 1.29 is 32.6 Å². The van der Waals surface area contributed by atoms with Gasteiger partial charge in [0.25, 0.3) is 0 Å². The topological polar surface area (TPSA) is 56.2 Å². The number of halogens is 2. The van der Waals surface area contributed by atoms with Gasteiger partial charge in [-0.05, 0) is 77.0 Å². The molecule has 1 aromatic rings. The first-order chi connectivity index (χ1) is 19.7. The standard InChI is InChI=1S/C18H33P.C15H18O4.2ClH.Ru/c1-4-10-16(11-5-1)19(17-12-6-2-7-13-17)18-14-8-3-9-15-18;1-10(2)18-14-7-6-13(9-11(14)3)19-15(17)8-5-12(4)16;;;/h16-18H,1-15H2;3,6-7,9-10H,5,8H2,1-2,4H3;2*1H;/q;;;;+2. The van der Waals surface area contributed by atoms with Crippen LogP contribution in [0.2, 0.25) is 0 Å². The molecule has 0 atom stereocenters. The summed E-state index contributed by atoms with van der Waals surface area (Å²) in [5, 5.41) is 0. The molecule has 0 spiro atoms. The molecular formula is C33H53Cl2O4PRu+2. The molecule has 0 heterocycles. The van der Waals surface area contributed by atoms with Gasteiger partial charge in [-0.2, -0.15) is 0 Å². The fourth-order valence-electron chi connectivity index (χ4n) is 6.93. The fourth-order valence-corrected chi connectivity index (χ4v) is 13.9. The second-order valence-electron chi connectivity index (χ2n) is 12.4. The van der Waals surface area contributed by atoms with Gasteiger partial charge < -0.3 is 0 Å². The third-order valence-corrected chi connectivity index (χ3v) is 15.1. The molecule has 3 aliphatic carbocycles. The zero-order valence-corrected chi connectivity index (χ0v) is 29.7. The van der Waals surface area contributed by atoms with Crippen LogP contribution < -0.4 is 4.74 Å². The summed E-state index contributed by atoms with van der Waals surface area (Å²) in [4.78, 5) is 22.5. The van der Waals surface area contributed by atoms with E-state index in [4.69, 9.17) is 24.1 Å². The summed E-state index contributed by atoms with van der Waals surface area (Å²) in [5.74, 6) is 0.667. The summed E-state index contributed by atoms with van der Waals surface area (Å²) < 4.78 is 11.5. The Hall–Kier alpha value is -0.337. The van der Waals surface area contributed by atoms with Crippen LogP contribution in [0.4, 0.5) is 0 Å². The van der Waals surface area contributed by atoms with E-state index in [1.54, 1.807) is 119 Å². The Morgan fingerprint density at radius 3 is 1.78 bits per heavy atom. The fraction of sp³-hybridized carbons (Fsp3) is 0.727. The Morgan fingerprint density at radius 2 is 1.37 bits per heavy atom. The molecule has 3 aliphatic rings. The van der Waals surface area contributed by atoms with Crippen LogP contribution in [0.5, 0.6) is 11.5 Å². The second kappa shape index (κ2) is 19.1. The molecule has 0 amide bonds. The van der Waals surface area contributed by atoms with E-state index in [0.29, 0.717) is 5.75 Å². The van der Waals surface area contributed by atoms with Gasteiger partial charge in [0.05, 0.1) is 17.0 Å². The van der Waals surface area contributed by atoms with Crippen molar-refractivity contribution >= 4 is 43.7 Å². The first kappa shape index (κ1) is 35.1. The number of aliphatic hydroxyl groups is 1. The van der Waals surface area contributed by atoms with Crippen molar-refractivity contribution in [3.63, 3.8) is 0 Å². The molecule has 1 N–H and O–H groups in total. The summed E-state index contributed by atoms with van der Waals surface area (Å²) in [7, 11) is 11.8. The van der Waals surface area contributed by atoms with Crippen LogP contribution in [-0.4, -0.2) is 44.2 Å². The number of benzene rings is 1. The van der Waals surface area contributed by atoms with Crippen LogP contribution in [0, 0.1) is 0 Å². The molecule has 0 aromatic heterocycles. The molecule has 234 valence electrons. The SMILES string of the molecule is C1CCC([PH+](C2CCCCC2)C2CCCCC2)CC1.CC(=O)CCC(=O)Oc1ccc([OH+]C(C)C)c([CH]=[Ru]([Cl])[Cl])c1. The molecule has 4 nitrogen and oxygen atoms in total. The molecule has 0 unspecified atom stereocenters. The van der Waals surface area contributed by atoms with Gasteiger partial charge in [-0.1, -0.05) is 19.3 Å². The van der Waals surface area contributed by atoms with Gasteiger partial charge in [-0.15, -0.1) is 0 Å². The summed E-state index contributed by atoms with van der Waals surface area (Å²) in [6, 6.07) is 5.13. The van der Waals surface area contributed by atoms with Crippen LogP contribution >= 0.6 is 27.3 Å². The number of hydrogen-bond acceptors (Lipinski definition) is 3. The zero-order chi connectivity index (χ0) is 29.6. The quantitative estimate of drug-likeness (QED) is 0.0797. The van der Waals surface area contributed by atoms with Crippen LogP contribution in [0.15, 0.2) is 18.2 Å². The van der Waals surface area contributed by atoms with E-state index in [0.717, 1.165) is 11.3 Å². The van der Waals surface area contributed by atoms with Gasteiger partial charge in [0, 0.05) is 7.92 Å². The number of carbonyl (C=O) groups excluding carboxylic acids is 2. The van der Waals surface area contributed by atoms with Crippen LogP contribution in [-0.2, 0) is 23.1 Å². The summed E-state index contributed by atoms with van der Waals surface area (Å²) in [6.07, 6.45) is 24.2. The molecule has 41 heavy (non-hydrogen) atoms. The second-order valence-corrected chi connectivity index (χ2v) is 21.6. The van der Waals surface area contributed by atoms with Crippen molar-refractivity contribution in [2.45, 2.75) is 153 Å². The van der Waals surface area contributed by atoms with Gasteiger partial charge in [-0.3, -0.25) is 0 Å². The molecule has 8 heteroatoms. The van der Waals surface area contributed by atoms with Gasteiger partial charge in [0.2, 0.25) is 0 Å². The minimum absolute atomic E-state index is 0.0460. The van der Waals surface area contributed by atoms with E-state index >= 15 is 0 Å². The number of aromatic hydroxyl groups is 1. The number of esters is 1. The monoisotopic (exact) mass is 716 g/mol. The van der Waals surface area contributed by atoms with Crippen molar-refractivity contribution in [2.75, 3.05) is 0 Å². The number of carbonyl (C=O) groups is 2. The average molecular weight is 717 g/mol. The summed E-state index contributed by atoms with van der Waals surface area (Å²) in [5.41, 5.74) is 4.44. The summed E-state index contributed by atoms with van der Waals surface area (Å²) in [6.45, 7) is 5.38. The van der Waals surface area contributed by atoms with Crippen molar-refractivity contribution in [1.29, 1.82) is 0 Å². The van der Waals surface area contributed by atoms with E-state index in [9.17, 15) is 9.59 Å². The van der Waals surface area contributed by atoms with Crippen molar-refractivity contribution in [1.82, 2.24) is 0 Å². The normalized spacial score (nSPS) is 19.3. The Labute approximate surface area is 263 Å². The molecule has 1 aromatic carbocycles. The Balaban J connectivity index is 0.000000227. The molecule has 0 aliphatic heterocycles. The number of ether oxygens (including phenoxy) is 2. The Kier molecular flexibility index (Phi) is 16.4. The van der Waals surface area contributed by atoms with Crippen molar-refractivity contribution in [2.24, 2.45) is 0 Å². The molecule has 3 fully saturated rings. The molecule has 3 saturated carbocycles. The van der Waals surface area contributed by atoms with Gasteiger partial charge in [0.15, 0.2) is 0 Å². The molecular weight excluding hydrogens is 663 g/mol. The first-order valence-electron chi connectivity index (χ1n) is 16.0. The van der Waals surface area contributed by atoms with Gasteiger partial charge in [0.1, 0.15) is 0 Å². The number of Topliss-reactive ketones (excluding diaryl/α,β-unsaturated/α-hetero) is 1. The minimum atomic E-state index is -2.02. The molecule has 4 rings (SSSR count). The van der Waals surface area contributed by atoms with E-state index in [2.05, 4.69) is 4.74 Å². The zero-order valence-electron chi connectivity index (χ0n) is 25.4. The predicted molar refractivity (Wildman–Crippen MR) is 175 cm³/mol. The van der Waals surface area contributed by atoms with E-state index in [1.807, 2.05) is 13.8 Å². The predicted octanol–water partition coefficient (Wildman–Crippen LogP) is 9.89. The summed E-state index contributed by atoms with van der Waals surface area (Å²) >= 11 is -2.02. The Bertz CT molecular complexity index is 937. The number of rotatable bonds is 10. The molecule has 0 radical (unpaired) electrons. The van der Waals surface area contributed by atoms with Crippen LogP contribution in [0.3, 0.4) is 0 Å². The molecule has 0 saturated heterocycles. The van der Waals surface area contributed by atoms with E-state index in [1.165, 1.54) is 23.9 Å².